The summed E-state index contributed by atoms with van der Waals surface area (Å²) in [5.74, 6) is 3.50. The Labute approximate surface area is 147 Å². The summed E-state index contributed by atoms with van der Waals surface area (Å²) in [5.41, 5.74) is 0.990. The first kappa shape index (κ1) is 17.3. The lowest BCUT2D eigenvalue weighted by Gasteiger charge is -2.60. The van der Waals surface area contributed by atoms with Gasteiger partial charge in [0.15, 0.2) is 0 Å². The van der Waals surface area contributed by atoms with E-state index in [0.717, 1.165) is 49.1 Å². The Kier molecular flexibility index (Phi) is 4.50. The average molecular weight is 337 g/mol. The maximum atomic E-state index is 10.1. The zero-order chi connectivity index (χ0) is 16.9. The van der Waals surface area contributed by atoms with Gasteiger partial charge in [-0.15, -0.1) is 0 Å². The molecule has 0 saturated heterocycles. The van der Waals surface area contributed by atoms with Crippen LogP contribution < -0.4 is 5.32 Å². The van der Waals surface area contributed by atoms with E-state index in [1.165, 1.54) is 44.9 Å². The zero-order valence-electron chi connectivity index (χ0n) is 15.7. The van der Waals surface area contributed by atoms with Crippen LogP contribution in [0.2, 0.25) is 0 Å². The summed E-state index contributed by atoms with van der Waals surface area (Å²) in [6.45, 7) is 6.33. The molecule has 0 heterocycles. The minimum atomic E-state index is -0.0302. The molecule has 138 valence electrons. The van der Waals surface area contributed by atoms with Gasteiger partial charge in [0.25, 0.3) is 0 Å². The van der Waals surface area contributed by atoms with Crippen molar-refractivity contribution in [1.29, 1.82) is 0 Å². The molecule has 4 aliphatic rings. The van der Waals surface area contributed by atoms with E-state index in [0.29, 0.717) is 17.4 Å². The molecular formula is C21H38NO2+. The van der Waals surface area contributed by atoms with Crippen LogP contribution in [0.4, 0.5) is 0 Å². The fourth-order valence-corrected chi connectivity index (χ4v) is 7.94. The molecule has 0 bridgehead atoms. The minimum absolute atomic E-state index is 0.0302. The third-order valence-corrected chi connectivity index (χ3v) is 9.29. The Balaban J connectivity index is 1.54. The van der Waals surface area contributed by atoms with Gasteiger partial charge in [0, 0.05) is 11.8 Å². The van der Waals surface area contributed by atoms with Crippen LogP contribution in [0.3, 0.4) is 0 Å². The first-order valence-electron chi connectivity index (χ1n) is 10.6. The van der Waals surface area contributed by atoms with Crippen LogP contribution in [0.25, 0.3) is 0 Å². The third-order valence-electron chi connectivity index (χ3n) is 9.29. The van der Waals surface area contributed by atoms with E-state index in [2.05, 4.69) is 19.2 Å². The Morgan fingerprint density at radius 2 is 1.67 bits per heavy atom. The van der Waals surface area contributed by atoms with Crippen LogP contribution in [0, 0.1) is 34.5 Å². The molecule has 8 atom stereocenters. The molecule has 0 aromatic rings. The number of nitrogens with two attached hydrogens (primary N) is 1. The molecular weight excluding hydrogens is 298 g/mol. The first-order chi connectivity index (χ1) is 11.5. The lowest BCUT2D eigenvalue weighted by Crippen LogP contribution is -2.93. The van der Waals surface area contributed by atoms with Gasteiger partial charge in [0.2, 0.25) is 0 Å². The molecule has 4 saturated carbocycles. The maximum Gasteiger partial charge on any atom is 0.0992 e. The van der Waals surface area contributed by atoms with Crippen molar-refractivity contribution in [2.24, 2.45) is 34.5 Å². The van der Waals surface area contributed by atoms with Gasteiger partial charge in [-0.1, -0.05) is 13.8 Å². The van der Waals surface area contributed by atoms with Crippen molar-refractivity contribution in [3.8, 4) is 0 Å². The molecule has 3 heteroatoms. The monoisotopic (exact) mass is 336 g/mol. The molecule has 24 heavy (non-hydrogen) atoms. The first-order valence-corrected chi connectivity index (χ1v) is 10.6. The second-order valence-electron chi connectivity index (χ2n) is 10.1. The summed E-state index contributed by atoms with van der Waals surface area (Å²) >= 11 is 0. The van der Waals surface area contributed by atoms with Crippen molar-refractivity contribution in [3.05, 3.63) is 0 Å². The van der Waals surface area contributed by atoms with Crippen molar-refractivity contribution in [3.63, 3.8) is 0 Å². The predicted molar refractivity (Wildman–Crippen MR) is 95.4 cm³/mol. The highest BCUT2D eigenvalue weighted by Gasteiger charge is 2.61. The lowest BCUT2D eigenvalue weighted by atomic mass is 9.45. The molecule has 0 radical (unpaired) electrons. The van der Waals surface area contributed by atoms with Crippen molar-refractivity contribution < 1.29 is 15.5 Å². The second-order valence-corrected chi connectivity index (χ2v) is 10.1. The van der Waals surface area contributed by atoms with Crippen LogP contribution >= 0.6 is 0 Å². The summed E-state index contributed by atoms with van der Waals surface area (Å²) in [4.78, 5) is 0. The summed E-state index contributed by atoms with van der Waals surface area (Å²) in [7, 11) is 0. The van der Waals surface area contributed by atoms with E-state index in [-0.39, 0.29) is 6.10 Å². The molecule has 0 aliphatic heterocycles. The van der Waals surface area contributed by atoms with E-state index < -0.39 is 0 Å². The largest absolute Gasteiger partial charge is 0.393 e. The number of quaternary nitrogens is 1. The van der Waals surface area contributed by atoms with Gasteiger partial charge in [-0.05, 0) is 80.5 Å². The van der Waals surface area contributed by atoms with Crippen LogP contribution in [-0.4, -0.2) is 35.5 Å². The molecule has 4 rings (SSSR count). The van der Waals surface area contributed by atoms with Crippen LogP contribution in [0.15, 0.2) is 0 Å². The average Bonchev–Trinajstić information content (AvgIpc) is 2.90. The van der Waals surface area contributed by atoms with E-state index in [9.17, 15) is 10.2 Å². The third kappa shape index (κ3) is 2.49. The van der Waals surface area contributed by atoms with Gasteiger partial charge in [0.1, 0.15) is 0 Å². The number of aliphatic hydroxyl groups is 2. The number of fused-ring (bicyclic) bond motifs is 5. The molecule has 4 aliphatic carbocycles. The van der Waals surface area contributed by atoms with E-state index in [1.807, 2.05) is 0 Å². The van der Waals surface area contributed by atoms with E-state index >= 15 is 0 Å². The number of aliphatic hydroxyl groups excluding tert-OH is 2. The molecule has 0 aromatic heterocycles. The van der Waals surface area contributed by atoms with Crippen molar-refractivity contribution in [1.82, 2.24) is 0 Å². The second kappa shape index (κ2) is 6.25. The quantitative estimate of drug-likeness (QED) is 0.741. The molecule has 4 fully saturated rings. The summed E-state index contributed by atoms with van der Waals surface area (Å²) in [6.07, 6.45) is 11.6. The standard InChI is InChI=1S/C21H37NO2/c1-20-9-7-15(24)13-14(20)3-4-16-17-5-6-19(22-11-12-23)21(17,2)10-8-18(16)20/h14-19,22-24H,3-13H2,1-2H3/p+1/t14-,15+,16-,17+,18-,19-,20-,21-/m0/s1. The highest BCUT2D eigenvalue weighted by atomic mass is 16.3. The number of hydrogen-bond donors (Lipinski definition) is 3. The van der Waals surface area contributed by atoms with Gasteiger partial charge in [-0.25, -0.2) is 0 Å². The number of hydrogen-bond acceptors (Lipinski definition) is 2. The van der Waals surface area contributed by atoms with Crippen molar-refractivity contribution in [2.45, 2.75) is 83.8 Å². The van der Waals surface area contributed by atoms with Crippen LogP contribution in [-0.2, 0) is 0 Å². The van der Waals surface area contributed by atoms with Gasteiger partial charge >= 0.3 is 0 Å². The van der Waals surface area contributed by atoms with E-state index in [4.69, 9.17) is 0 Å². The Bertz CT molecular complexity index is 469. The maximum absolute atomic E-state index is 10.1. The van der Waals surface area contributed by atoms with Crippen LogP contribution in [0.5, 0.6) is 0 Å². The van der Waals surface area contributed by atoms with E-state index in [1.54, 1.807) is 0 Å². The van der Waals surface area contributed by atoms with Gasteiger partial charge in [-0.3, -0.25) is 0 Å². The normalized spacial score (nSPS) is 54.0. The van der Waals surface area contributed by atoms with Crippen molar-refractivity contribution in [2.75, 3.05) is 13.2 Å². The minimum Gasteiger partial charge on any atom is -0.393 e. The van der Waals surface area contributed by atoms with Crippen molar-refractivity contribution >= 4 is 0 Å². The lowest BCUT2D eigenvalue weighted by molar-refractivity contribution is -0.702. The Morgan fingerprint density at radius 3 is 2.46 bits per heavy atom. The van der Waals surface area contributed by atoms with Gasteiger partial charge < -0.3 is 15.5 Å². The highest BCUT2D eigenvalue weighted by molar-refractivity contribution is 5.09. The summed E-state index contributed by atoms with van der Waals surface area (Å²) < 4.78 is 0. The summed E-state index contributed by atoms with van der Waals surface area (Å²) in [5, 5.41) is 21.8. The molecule has 4 N–H and O–H groups in total. The van der Waals surface area contributed by atoms with Gasteiger partial charge in [0.05, 0.1) is 25.3 Å². The fourth-order valence-electron chi connectivity index (χ4n) is 7.94. The Hall–Kier alpha value is -0.120. The summed E-state index contributed by atoms with van der Waals surface area (Å²) in [6, 6.07) is 0.731. The number of rotatable bonds is 3. The molecule has 0 spiro atoms. The highest BCUT2D eigenvalue weighted by Crippen LogP contribution is 2.65. The predicted octanol–water partition coefficient (Wildman–Crippen LogP) is 2.31. The Morgan fingerprint density at radius 1 is 0.917 bits per heavy atom. The smallest absolute Gasteiger partial charge is 0.0992 e. The molecule has 0 amide bonds. The zero-order valence-corrected chi connectivity index (χ0v) is 15.7. The fraction of sp³-hybridized carbons (Fsp3) is 1.00. The van der Waals surface area contributed by atoms with Crippen LogP contribution in [0.1, 0.15) is 71.6 Å². The molecule has 3 nitrogen and oxygen atoms in total. The molecule has 0 aromatic carbocycles. The SMILES string of the molecule is C[C@]12CC[C@@H](O)C[C@@H]1CC[C@H]1[C@H]3CC[C@H]([NH2+]CCO)[C@@]3(C)CC[C@@H]12. The van der Waals surface area contributed by atoms with Gasteiger partial charge in [-0.2, -0.15) is 0 Å². The topological polar surface area (TPSA) is 57.1 Å². The molecule has 0 unspecified atom stereocenters.